The first-order valence-electron chi connectivity index (χ1n) is 7.60. The lowest BCUT2D eigenvalue weighted by Gasteiger charge is -2.17. The van der Waals surface area contributed by atoms with Crippen LogP contribution in [0.15, 0.2) is 23.2 Å². The van der Waals surface area contributed by atoms with E-state index in [0.29, 0.717) is 17.6 Å². The zero-order chi connectivity index (χ0) is 15.1. The Bertz CT molecular complexity index is 484. The second kappa shape index (κ2) is 8.13. The summed E-state index contributed by atoms with van der Waals surface area (Å²) in [5.41, 5.74) is 1.03. The predicted octanol–water partition coefficient (Wildman–Crippen LogP) is 3.35. The minimum absolute atomic E-state index is 0.551. The molecule has 116 valence electrons. The fourth-order valence-corrected chi connectivity index (χ4v) is 2.76. The van der Waals surface area contributed by atoms with E-state index in [2.05, 4.69) is 22.5 Å². The van der Waals surface area contributed by atoms with Crippen LogP contribution >= 0.6 is 11.6 Å². The third kappa shape index (κ3) is 4.81. The number of hydrogen-bond acceptors (Lipinski definition) is 2. The van der Waals surface area contributed by atoms with Crippen LogP contribution in [0.2, 0.25) is 5.02 Å². The van der Waals surface area contributed by atoms with E-state index in [4.69, 9.17) is 16.3 Å². The van der Waals surface area contributed by atoms with Crippen molar-refractivity contribution >= 4 is 17.6 Å². The van der Waals surface area contributed by atoms with E-state index >= 15 is 0 Å². The quantitative estimate of drug-likeness (QED) is 0.647. The second-order valence-corrected chi connectivity index (χ2v) is 5.71. The van der Waals surface area contributed by atoms with Crippen LogP contribution in [-0.4, -0.2) is 25.7 Å². The number of nitrogens with one attached hydrogen (secondary N) is 2. The van der Waals surface area contributed by atoms with E-state index in [1.54, 1.807) is 7.11 Å². The number of aliphatic imine (C=N–C) groups is 1. The highest BCUT2D eigenvalue weighted by atomic mass is 35.5. The van der Waals surface area contributed by atoms with Crippen molar-refractivity contribution in [2.45, 2.75) is 45.2 Å². The maximum atomic E-state index is 5.98. The maximum Gasteiger partial charge on any atom is 0.191 e. The molecule has 0 bridgehead atoms. The van der Waals surface area contributed by atoms with Gasteiger partial charge in [-0.1, -0.05) is 30.5 Å². The van der Waals surface area contributed by atoms with Crippen LogP contribution in [0.3, 0.4) is 0 Å². The number of ether oxygens (including phenoxy) is 1. The van der Waals surface area contributed by atoms with Crippen LogP contribution in [0.5, 0.6) is 5.75 Å². The van der Waals surface area contributed by atoms with Gasteiger partial charge in [0.1, 0.15) is 5.75 Å². The molecule has 1 fully saturated rings. The summed E-state index contributed by atoms with van der Waals surface area (Å²) in [7, 11) is 1.65. The first-order chi connectivity index (χ1) is 10.2. The largest absolute Gasteiger partial charge is 0.496 e. The van der Waals surface area contributed by atoms with E-state index in [1.165, 1.54) is 25.7 Å². The number of nitrogens with zero attached hydrogens (tertiary/aromatic N) is 1. The molecule has 0 aromatic heterocycles. The summed E-state index contributed by atoms with van der Waals surface area (Å²) in [6, 6.07) is 6.20. The molecule has 0 saturated heterocycles. The molecular weight excluding hydrogens is 286 g/mol. The van der Waals surface area contributed by atoms with Gasteiger partial charge < -0.3 is 15.4 Å². The summed E-state index contributed by atoms with van der Waals surface area (Å²) in [4.78, 5) is 4.66. The van der Waals surface area contributed by atoms with E-state index in [-0.39, 0.29) is 0 Å². The Morgan fingerprint density at radius 1 is 1.38 bits per heavy atom. The van der Waals surface area contributed by atoms with Gasteiger partial charge in [0.2, 0.25) is 0 Å². The smallest absolute Gasteiger partial charge is 0.191 e. The molecule has 1 aromatic carbocycles. The van der Waals surface area contributed by atoms with E-state index < -0.39 is 0 Å². The molecular formula is C16H24ClN3O. The molecule has 0 heterocycles. The summed E-state index contributed by atoms with van der Waals surface area (Å²) >= 11 is 5.98. The lowest BCUT2D eigenvalue weighted by Crippen LogP contribution is -2.42. The van der Waals surface area contributed by atoms with Gasteiger partial charge in [0.25, 0.3) is 0 Å². The van der Waals surface area contributed by atoms with Crippen molar-refractivity contribution in [3.63, 3.8) is 0 Å². The summed E-state index contributed by atoms with van der Waals surface area (Å²) in [5, 5.41) is 7.49. The average molecular weight is 310 g/mol. The molecule has 0 atom stereocenters. The molecule has 1 aromatic rings. The van der Waals surface area contributed by atoms with Crippen molar-refractivity contribution in [2.24, 2.45) is 4.99 Å². The lowest BCUT2D eigenvalue weighted by atomic mass is 10.2. The van der Waals surface area contributed by atoms with Crippen molar-refractivity contribution in [3.8, 4) is 5.75 Å². The highest BCUT2D eigenvalue weighted by Crippen LogP contribution is 2.23. The minimum Gasteiger partial charge on any atom is -0.496 e. The molecule has 1 saturated carbocycles. The number of methoxy groups -OCH3 is 1. The summed E-state index contributed by atoms with van der Waals surface area (Å²) in [5.74, 6) is 1.66. The first kappa shape index (κ1) is 16.0. The van der Waals surface area contributed by atoms with Crippen LogP contribution < -0.4 is 15.4 Å². The molecule has 0 aliphatic heterocycles. The Morgan fingerprint density at radius 3 is 2.81 bits per heavy atom. The van der Waals surface area contributed by atoms with Gasteiger partial charge in [-0.15, -0.1) is 0 Å². The van der Waals surface area contributed by atoms with Gasteiger partial charge in [0.15, 0.2) is 5.96 Å². The maximum absolute atomic E-state index is 5.98. The normalized spacial score (nSPS) is 16.0. The van der Waals surface area contributed by atoms with E-state index in [9.17, 15) is 0 Å². The number of benzene rings is 1. The molecule has 0 spiro atoms. The van der Waals surface area contributed by atoms with E-state index in [0.717, 1.165) is 23.8 Å². The van der Waals surface area contributed by atoms with Crippen molar-refractivity contribution < 1.29 is 4.74 Å². The van der Waals surface area contributed by atoms with Crippen molar-refractivity contribution in [1.29, 1.82) is 0 Å². The van der Waals surface area contributed by atoms with Gasteiger partial charge in [0, 0.05) is 23.2 Å². The Labute approximate surface area is 131 Å². The standard InChI is InChI=1S/C16H24ClN3O/c1-3-18-16(20-14-6-4-5-7-14)19-11-12-8-9-13(17)10-15(12)21-2/h8-10,14H,3-7,11H2,1-2H3,(H2,18,19,20). The third-order valence-electron chi connectivity index (χ3n) is 3.70. The summed E-state index contributed by atoms with van der Waals surface area (Å²) in [6.07, 6.45) is 5.08. The Balaban J connectivity index is 2.04. The highest BCUT2D eigenvalue weighted by molar-refractivity contribution is 6.30. The zero-order valence-corrected chi connectivity index (χ0v) is 13.5. The summed E-state index contributed by atoms with van der Waals surface area (Å²) < 4.78 is 5.36. The molecule has 1 aliphatic rings. The molecule has 5 heteroatoms. The van der Waals surface area contributed by atoms with Crippen LogP contribution in [0, 0.1) is 0 Å². The fourth-order valence-electron chi connectivity index (χ4n) is 2.60. The van der Waals surface area contributed by atoms with Crippen LogP contribution in [0.1, 0.15) is 38.2 Å². The van der Waals surface area contributed by atoms with Gasteiger partial charge in [-0.25, -0.2) is 4.99 Å². The molecule has 4 nitrogen and oxygen atoms in total. The van der Waals surface area contributed by atoms with Crippen LogP contribution in [0.25, 0.3) is 0 Å². The topological polar surface area (TPSA) is 45.7 Å². The van der Waals surface area contributed by atoms with Gasteiger partial charge in [-0.3, -0.25) is 0 Å². The first-order valence-corrected chi connectivity index (χ1v) is 7.98. The average Bonchev–Trinajstić information content (AvgIpc) is 2.98. The molecule has 2 N–H and O–H groups in total. The fraction of sp³-hybridized carbons (Fsp3) is 0.562. The van der Waals surface area contributed by atoms with Gasteiger partial charge in [0.05, 0.1) is 13.7 Å². The third-order valence-corrected chi connectivity index (χ3v) is 3.93. The Kier molecular flexibility index (Phi) is 6.18. The molecule has 1 aliphatic carbocycles. The Morgan fingerprint density at radius 2 is 2.14 bits per heavy atom. The Hall–Kier alpha value is -1.42. The molecule has 0 unspecified atom stereocenters. The lowest BCUT2D eigenvalue weighted by molar-refractivity contribution is 0.410. The van der Waals surface area contributed by atoms with Crippen molar-refractivity contribution in [2.75, 3.05) is 13.7 Å². The minimum atomic E-state index is 0.551. The van der Waals surface area contributed by atoms with Crippen molar-refractivity contribution in [3.05, 3.63) is 28.8 Å². The molecule has 0 amide bonds. The number of guanidine groups is 1. The molecule has 0 radical (unpaired) electrons. The van der Waals surface area contributed by atoms with Gasteiger partial charge in [-0.2, -0.15) is 0 Å². The van der Waals surface area contributed by atoms with Gasteiger partial charge in [-0.05, 0) is 31.9 Å². The number of rotatable bonds is 5. The second-order valence-electron chi connectivity index (χ2n) is 5.28. The number of halogens is 1. The van der Waals surface area contributed by atoms with Crippen molar-refractivity contribution in [1.82, 2.24) is 10.6 Å². The monoisotopic (exact) mass is 309 g/mol. The van der Waals surface area contributed by atoms with Gasteiger partial charge >= 0.3 is 0 Å². The predicted molar refractivity (Wildman–Crippen MR) is 88.2 cm³/mol. The molecule has 2 rings (SSSR count). The highest BCUT2D eigenvalue weighted by Gasteiger charge is 2.15. The van der Waals surface area contributed by atoms with E-state index in [1.807, 2.05) is 18.2 Å². The summed E-state index contributed by atoms with van der Waals surface area (Å²) in [6.45, 7) is 3.51. The SMILES string of the molecule is CCNC(=NCc1ccc(Cl)cc1OC)NC1CCCC1. The van der Waals surface area contributed by atoms with Crippen LogP contribution in [-0.2, 0) is 6.54 Å². The molecule has 21 heavy (non-hydrogen) atoms. The van der Waals surface area contributed by atoms with Crippen LogP contribution in [0.4, 0.5) is 0 Å². The zero-order valence-electron chi connectivity index (χ0n) is 12.8. The number of hydrogen-bond donors (Lipinski definition) is 2.